The Bertz CT molecular complexity index is 1240. The molecule has 0 aromatic carbocycles. The number of aromatic amines is 1. The van der Waals surface area contributed by atoms with Crippen LogP contribution < -0.4 is 11.2 Å². The molecule has 1 saturated carbocycles. The van der Waals surface area contributed by atoms with Crippen molar-refractivity contribution in [1.82, 2.24) is 9.55 Å². The highest BCUT2D eigenvalue weighted by atomic mass is 32.9. The third kappa shape index (κ3) is 6.20. The van der Waals surface area contributed by atoms with Gasteiger partial charge in [0.25, 0.3) is 5.56 Å². The van der Waals surface area contributed by atoms with E-state index in [9.17, 15) is 9.59 Å². The van der Waals surface area contributed by atoms with Crippen LogP contribution in [-0.2, 0) is 30.0 Å². The van der Waals surface area contributed by atoms with E-state index < -0.39 is 37.6 Å². The van der Waals surface area contributed by atoms with E-state index in [4.69, 9.17) is 30.0 Å². The number of nitrogens with one attached hydrogen (secondary N) is 1. The van der Waals surface area contributed by atoms with Crippen molar-refractivity contribution >= 4 is 37.2 Å². The molecule has 12 heteroatoms. The number of H-pyrrole nitrogens is 1. The van der Waals surface area contributed by atoms with Crippen molar-refractivity contribution in [2.45, 2.75) is 115 Å². The minimum atomic E-state index is -2.60. The maximum absolute atomic E-state index is 12.6. The zero-order valence-corrected chi connectivity index (χ0v) is 27.4. The molecule has 0 spiro atoms. The fraction of sp³-hybridized carbons (Fsp3) is 0.769. The topological polar surface area (TPSA) is 91.8 Å². The van der Waals surface area contributed by atoms with Crippen molar-refractivity contribution in [3.63, 3.8) is 0 Å². The normalized spacial score (nSPS) is 35.8. The molecule has 214 valence electrons. The Morgan fingerprint density at radius 3 is 2.68 bits per heavy atom. The fourth-order valence-electron chi connectivity index (χ4n) is 5.11. The summed E-state index contributed by atoms with van der Waals surface area (Å²) in [4.78, 5) is 26.9. The number of allylic oxidation sites excluding steroid dienone is 1. The van der Waals surface area contributed by atoms with E-state index in [-0.39, 0.29) is 28.6 Å². The predicted octanol–water partition coefficient (Wildman–Crippen LogP) is 6.03. The number of fused-ring (bicyclic) bond motifs is 1. The third-order valence-corrected chi connectivity index (χ3v) is 19.1. The van der Waals surface area contributed by atoms with Crippen molar-refractivity contribution in [3.8, 4) is 0 Å². The minimum Gasteiger partial charge on any atom is -0.411 e. The highest BCUT2D eigenvalue weighted by molar-refractivity contribution is 8.68. The zero-order valence-electron chi connectivity index (χ0n) is 23.9. The van der Waals surface area contributed by atoms with Crippen molar-refractivity contribution < 1.29 is 18.2 Å². The smallest absolute Gasteiger partial charge is 0.330 e. The molecule has 7 atom stereocenters. The molecule has 1 unspecified atom stereocenters. The molecule has 1 aliphatic carbocycles. The third-order valence-electron chi connectivity index (χ3n) is 8.73. The second-order valence-corrected chi connectivity index (χ2v) is 24.2. The molecule has 1 aromatic rings. The molecule has 1 aromatic heterocycles. The van der Waals surface area contributed by atoms with E-state index in [0.29, 0.717) is 17.9 Å². The molecule has 3 fully saturated rings. The molecule has 0 amide bonds. The van der Waals surface area contributed by atoms with Gasteiger partial charge in [0.1, 0.15) is 12.3 Å². The average molecular weight is 603 g/mol. The van der Waals surface area contributed by atoms with Crippen molar-refractivity contribution in [2.75, 3.05) is 6.61 Å². The lowest BCUT2D eigenvalue weighted by atomic mass is 9.77. The van der Waals surface area contributed by atoms with Gasteiger partial charge in [-0.1, -0.05) is 44.3 Å². The molecular weight excluding hydrogens is 559 g/mol. The van der Waals surface area contributed by atoms with Crippen LogP contribution in [-0.4, -0.2) is 47.5 Å². The van der Waals surface area contributed by atoms with Gasteiger partial charge in [-0.2, -0.15) is 0 Å². The Morgan fingerprint density at radius 2 is 2.05 bits per heavy atom. The average Bonchev–Trinajstić information content (AvgIpc) is 3.29. The first-order chi connectivity index (χ1) is 17.4. The molecule has 2 aliphatic heterocycles. The quantitative estimate of drug-likeness (QED) is 0.230. The van der Waals surface area contributed by atoms with Gasteiger partial charge in [0.15, 0.2) is 8.32 Å². The van der Waals surface area contributed by atoms with Crippen LogP contribution in [0, 0.1) is 12.8 Å². The highest BCUT2D eigenvalue weighted by Gasteiger charge is 2.54. The van der Waals surface area contributed by atoms with Crippen LogP contribution in [0.3, 0.4) is 0 Å². The van der Waals surface area contributed by atoms with Crippen LogP contribution >= 0.6 is 17.1 Å². The van der Waals surface area contributed by atoms with Crippen LogP contribution in [0.4, 0.5) is 0 Å². The number of hydrogen-bond acceptors (Lipinski definition) is 8. The van der Waals surface area contributed by atoms with Gasteiger partial charge in [-0.15, -0.1) is 0 Å². The Morgan fingerprint density at radius 1 is 1.37 bits per heavy atom. The van der Waals surface area contributed by atoms with E-state index in [1.54, 1.807) is 24.5 Å². The van der Waals surface area contributed by atoms with Crippen molar-refractivity contribution in [2.24, 2.45) is 5.92 Å². The van der Waals surface area contributed by atoms with Gasteiger partial charge in [0, 0.05) is 22.9 Å². The van der Waals surface area contributed by atoms with E-state index in [0.717, 1.165) is 19.3 Å². The minimum absolute atomic E-state index is 0.00265. The summed E-state index contributed by atoms with van der Waals surface area (Å²) >= 11 is 7.69. The van der Waals surface area contributed by atoms with E-state index in [2.05, 4.69) is 59.3 Å². The maximum Gasteiger partial charge on any atom is 0.330 e. The van der Waals surface area contributed by atoms with E-state index in [1.165, 1.54) is 10.1 Å². The summed E-state index contributed by atoms with van der Waals surface area (Å²) in [6.45, 7) is 21.4. The SMILES string of the molecule is C=C(C)[C@H]1CC[C@@]2(C)SP(=S)(OC[C@H]3O[C@@H](n4cc(C)c(=O)[nH]c4=O)C[C@@H]3O[Si](C)(C)C(C)(C)C)O[C@@H]2C1. The molecule has 4 rings (SSSR count). The largest absolute Gasteiger partial charge is 0.411 e. The molecule has 0 bridgehead atoms. The standard InChI is InChI=1S/C26H43N2O6PS2Si/c1-16(2)18-10-11-26(7)21(12-18)33-35(36,37-26)31-15-20-19(34-38(8,9)25(4,5)6)13-22(32-20)28-14-17(3)23(29)27-24(28)30/h14,18-22H,1,10-13,15H2,2-9H3,(H,27,29,30)/t18-,19-,20+,21+,22+,26+,35?/m0/s1. The van der Waals surface area contributed by atoms with Crippen LogP contribution in [0.15, 0.2) is 27.9 Å². The molecule has 8 nitrogen and oxygen atoms in total. The predicted molar refractivity (Wildman–Crippen MR) is 160 cm³/mol. The van der Waals surface area contributed by atoms with Crippen LogP contribution in [0.2, 0.25) is 18.1 Å². The second-order valence-electron chi connectivity index (χ2n) is 12.8. The summed E-state index contributed by atoms with van der Waals surface area (Å²) in [6, 6.07) is 0. The zero-order chi connectivity index (χ0) is 28.3. The molecule has 2 saturated heterocycles. The molecular formula is C26H43N2O6PS2Si. The van der Waals surface area contributed by atoms with Gasteiger partial charge in [0.2, 0.25) is 5.69 Å². The number of nitrogens with zero attached hydrogens (tertiary/aromatic N) is 1. The lowest BCUT2D eigenvalue weighted by Gasteiger charge is -2.39. The molecule has 1 N–H and O–H groups in total. The number of hydrogen-bond donors (Lipinski definition) is 1. The monoisotopic (exact) mass is 602 g/mol. The Balaban J connectivity index is 1.53. The van der Waals surface area contributed by atoms with E-state index >= 15 is 0 Å². The van der Waals surface area contributed by atoms with Gasteiger partial charge < -0.3 is 18.2 Å². The lowest BCUT2D eigenvalue weighted by Crippen LogP contribution is -2.46. The lowest BCUT2D eigenvalue weighted by molar-refractivity contribution is -0.0396. The summed E-state index contributed by atoms with van der Waals surface area (Å²) < 4.78 is 27.5. The number of aryl methyl sites for hydroxylation is 1. The molecule has 3 aliphatic rings. The number of aromatic nitrogens is 2. The van der Waals surface area contributed by atoms with Gasteiger partial charge in [-0.05, 0) is 75.9 Å². The van der Waals surface area contributed by atoms with Gasteiger partial charge in [-0.3, -0.25) is 14.3 Å². The maximum atomic E-state index is 12.6. The first-order valence-electron chi connectivity index (χ1n) is 13.4. The Hall–Kier alpha value is -0.523. The summed E-state index contributed by atoms with van der Waals surface area (Å²) in [6.07, 6.45) is 3.85. The Kier molecular flexibility index (Phi) is 8.58. The van der Waals surface area contributed by atoms with Crippen LogP contribution in [0.25, 0.3) is 0 Å². The van der Waals surface area contributed by atoms with Gasteiger partial charge in [0.05, 0.1) is 18.8 Å². The summed E-state index contributed by atoms with van der Waals surface area (Å²) in [7, 11) is -2.15. The van der Waals surface area contributed by atoms with Crippen molar-refractivity contribution in [1.29, 1.82) is 0 Å². The number of rotatable bonds is 7. The second kappa shape index (κ2) is 10.7. The summed E-state index contributed by atoms with van der Waals surface area (Å²) in [5.74, 6) is 0.454. The summed E-state index contributed by atoms with van der Waals surface area (Å²) in [5.41, 5.74) is -1.84. The van der Waals surface area contributed by atoms with E-state index in [1.807, 2.05) is 0 Å². The van der Waals surface area contributed by atoms with Crippen LogP contribution in [0.5, 0.6) is 0 Å². The van der Waals surface area contributed by atoms with Gasteiger partial charge >= 0.3 is 5.69 Å². The molecule has 3 heterocycles. The molecule has 38 heavy (non-hydrogen) atoms. The highest BCUT2D eigenvalue weighted by Crippen LogP contribution is 2.75. The summed E-state index contributed by atoms with van der Waals surface area (Å²) in [5, 5.41) is 0.00265. The fourth-order valence-corrected chi connectivity index (χ4v) is 13.6. The number of ether oxygens (including phenoxy) is 1. The first kappa shape index (κ1) is 30.4. The Labute approximate surface area is 236 Å². The first-order valence-corrected chi connectivity index (χ1v) is 20.3. The molecule has 0 radical (unpaired) electrons. The van der Waals surface area contributed by atoms with Crippen LogP contribution in [0.1, 0.15) is 72.1 Å². The van der Waals surface area contributed by atoms with Gasteiger partial charge in [-0.25, -0.2) is 4.79 Å². The van der Waals surface area contributed by atoms with Crippen molar-refractivity contribution in [3.05, 3.63) is 44.8 Å².